The number of benzene rings is 1. The summed E-state index contributed by atoms with van der Waals surface area (Å²) in [5, 5.41) is 31.9. The Labute approximate surface area is 383 Å². The van der Waals surface area contributed by atoms with Crippen molar-refractivity contribution in [2.24, 2.45) is 5.73 Å². The summed E-state index contributed by atoms with van der Waals surface area (Å²) in [5.41, 5.74) is 6.11. The Balaban J connectivity index is 1.92. The lowest BCUT2D eigenvalue weighted by Crippen LogP contribution is -2.41. The largest absolute Gasteiger partial charge is 0.494 e. The summed E-state index contributed by atoms with van der Waals surface area (Å²) in [6.45, 7) is 5.15. The van der Waals surface area contributed by atoms with Crippen LogP contribution in [0.5, 0.6) is 5.75 Å². The van der Waals surface area contributed by atoms with E-state index in [4.69, 9.17) is 34.5 Å². The Morgan fingerprint density at radius 1 is 0.538 bits per heavy atom. The van der Waals surface area contributed by atoms with Gasteiger partial charge in [-0.05, 0) is 69.2 Å². The molecule has 1 aromatic carbocycles. The molecule has 2 atom stereocenters. The molecule has 0 aliphatic rings. The third kappa shape index (κ3) is 34.2. The fourth-order valence-electron chi connectivity index (χ4n) is 5.98. The van der Waals surface area contributed by atoms with Crippen LogP contribution in [0.3, 0.4) is 0 Å². The van der Waals surface area contributed by atoms with Gasteiger partial charge in [-0.25, -0.2) is 9.59 Å². The molecule has 9 N–H and O–H groups in total. The monoisotopic (exact) mass is 925 g/mol. The van der Waals surface area contributed by atoms with Gasteiger partial charge in [0.2, 0.25) is 29.5 Å². The average Bonchev–Trinajstić information content (AvgIpc) is 3.28. The SMILES string of the molecule is CCCCNC(=O)[C@@H](N)CCCCNC(=O)COCCOCCNC(=O)COCCOCCNC(=O)CC[C@H](NC(=O)CCCCCCCCCCOc1ccc(C(=O)O)cc1)C(=O)O. The van der Waals surface area contributed by atoms with E-state index < -0.39 is 24.0 Å². The van der Waals surface area contributed by atoms with Crippen molar-refractivity contribution >= 4 is 41.5 Å². The number of nitrogens with two attached hydrogens (primary N) is 1. The first kappa shape index (κ1) is 58.1. The highest BCUT2D eigenvalue weighted by molar-refractivity contribution is 5.87. The van der Waals surface area contributed by atoms with Crippen LogP contribution in [-0.4, -0.2) is 149 Å². The number of rotatable bonds is 43. The standard InChI is InChI=1S/C45H76N6O14/c1-2-3-22-50-43(56)37(46)14-11-12-23-47-41(54)33-63-31-30-62-28-25-49-42(55)34-64-32-29-61-27-24-48-39(52)21-20-38(45(59)60)51-40(53)15-10-8-6-4-5-7-9-13-26-65-36-18-16-35(17-19-36)44(57)58/h16-19,37-38H,2-15,20-34,46H2,1H3,(H,47,54)(H,48,52)(H,49,55)(H,50,56)(H,51,53)(H,57,58)(H,59,60)/t37-,38-/m0/s1. The smallest absolute Gasteiger partial charge is 0.335 e. The number of aromatic carboxylic acids is 1. The molecular weight excluding hydrogens is 849 g/mol. The predicted molar refractivity (Wildman–Crippen MR) is 241 cm³/mol. The number of carbonyl (C=O) groups excluding carboxylic acids is 5. The highest BCUT2D eigenvalue weighted by Crippen LogP contribution is 2.14. The molecule has 0 unspecified atom stereocenters. The molecule has 0 saturated heterocycles. The maximum atomic E-state index is 12.3. The van der Waals surface area contributed by atoms with Crippen molar-refractivity contribution in [1.29, 1.82) is 0 Å². The number of hydrogen-bond donors (Lipinski definition) is 8. The molecule has 0 heterocycles. The first-order valence-electron chi connectivity index (χ1n) is 23.1. The summed E-state index contributed by atoms with van der Waals surface area (Å²) in [4.78, 5) is 82.8. The third-order valence-corrected chi connectivity index (χ3v) is 9.74. The van der Waals surface area contributed by atoms with Crippen molar-refractivity contribution < 1.29 is 67.5 Å². The normalized spacial score (nSPS) is 11.8. The fourth-order valence-corrected chi connectivity index (χ4v) is 5.98. The molecular formula is C45H76N6O14. The molecule has 0 bridgehead atoms. The number of nitrogens with one attached hydrogen (secondary N) is 5. The molecule has 370 valence electrons. The fraction of sp³-hybridized carbons (Fsp3) is 0.711. The zero-order valence-electron chi connectivity index (χ0n) is 38.3. The molecule has 0 aliphatic carbocycles. The Hall–Kier alpha value is -4.89. The zero-order valence-corrected chi connectivity index (χ0v) is 38.3. The first-order valence-corrected chi connectivity index (χ1v) is 23.1. The van der Waals surface area contributed by atoms with Crippen molar-refractivity contribution in [1.82, 2.24) is 26.6 Å². The van der Waals surface area contributed by atoms with Crippen molar-refractivity contribution in [2.45, 2.75) is 122 Å². The summed E-state index contributed by atoms with van der Waals surface area (Å²) in [5.74, 6) is -2.97. The summed E-state index contributed by atoms with van der Waals surface area (Å²) in [7, 11) is 0. The van der Waals surface area contributed by atoms with E-state index in [-0.39, 0.29) is 120 Å². The van der Waals surface area contributed by atoms with Gasteiger partial charge in [0.25, 0.3) is 0 Å². The molecule has 20 heteroatoms. The highest BCUT2D eigenvalue weighted by atomic mass is 16.5. The Morgan fingerprint density at radius 2 is 1.08 bits per heavy atom. The lowest BCUT2D eigenvalue weighted by molar-refractivity contribution is -0.142. The van der Waals surface area contributed by atoms with Gasteiger partial charge in [-0.2, -0.15) is 0 Å². The summed E-state index contributed by atoms with van der Waals surface area (Å²) >= 11 is 0. The van der Waals surface area contributed by atoms with E-state index >= 15 is 0 Å². The Morgan fingerprint density at radius 3 is 1.66 bits per heavy atom. The minimum Gasteiger partial charge on any atom is -0.494 e. The zero-order chi connectivity index (χ0) is 47.8. The minimum absolute atomic E-state index is 0.0467. The van der Waals surface area contributed by atoms with Crippen LogP contribution in [0.4, 0.5) is 0 Å². The van der Waals surface area contributed by atoms with E-state index in [2.05, 4.69) is 26.6 Å². The van der Waals surface area contributed by atoms with Crippen LogP contribution in [0, 0.1) is 0 Å². The van der Waals surface area contributed by atoms with Crippen LogP contribution >= 0.6 is 0 Å². The average molecular weight is 925 g/mol. The van der Waals surface area contributed by atoms with Gasteiger partial charge in [0.1, 0.15) is 25.0 Å². The number of carboxylic acids is 2. The number of carbonyl (C=O) groups is 7. The molecule has 1 aromatic rings. The molecule has 0 saturated carbocycles. The summed E-state index contributed by atoms with van der Waals surface area (Å²) in [6, 6.07) is 4.62. The number of ether oxygens (including phenoxy) is 5. The molecule has 65 heavy (non-hydrogen) atoms. The number of amides is 5. The van der Waals surface area contributed by atoms with Gasteiger partial charge in [0.15, 0.2) is 0 Å². The van der Waals surface area contributed by atoms with Crippen LogP contribution in [0.1, 0.15) is 120 Å². The second-order valence-electron chi connectivity index (χ2n) is 15.4. The topological polar surface area (TPSA) is 292 Å². The van der Waals surface area contributed by atoms with Gasteiger partial charge >= 0.3 is 11.9 Å². The lowest BCUT2D eigenvalue weighted by atomic mass is 10.1. The van der Waals surface area contributed by atoms with Gasteiger partial charge in [0.05, 0.1) is 57.9 Å². The quantitative estimate of drug-likeness (QED) is 0.0437. The Kier molecular flexibility index (Phi) is 35.3. The van der Waals surface area contributed by atoms with Crippen LogP contribution in [0.2, 0.25) is 0 Å². The number of unbranched alkanes of at least 4 members (excludes halogenated alkanes) is 9. The molecule has 0 aromatic heterocycles. The second kappa shape index (κ2) is 39.5. The van der Waals surface area contributed by atoms with Gasteiger partial charge in [0, 0.05) is 39.0 Å². The predicted octanol–water partition coefficient (Wildman–Crippen LogP) is 2.45. The van der Waals surface area contributed by atoms with Crippen LogP contribution < -0.4 is 37.1 Å². The molecule has 5 amide bonds. The molecule has 0 radical (unpaired) electrons. The van der Waals surface area contributed by atoms with Gasteiger partial charge < -0.3 is 66.2 Å². The van der Waals surface area contributed by atoms with E-state index in [0.29, 0.717) is 44.7 Å². The van der Waals surface area contributed by atoms with E-state index in [0.717, 1.165) is 64.2 Å². The van der Waals surface area contributed by atoms with E-state index in [1.54, 1.807) is 12.1 Å². The summed E-state index contributed by atoms with van der Waals surface area (Å²) < 4.78 is 27.0. The number of hydrogen-bond acceptors (Lipinski definition) is 13. The van der Waals surface area contributed by atoms with Crippen molar-refractivity contribution in [3.8, 4) is 5.75 Å². The van der Waals surface area contributed by atoms with Gasteiger partial charge in [-0.15, -0.1) is 0 Å². The molecule has 20 nitrogen and oxygen atoms in total. The highest BCUT2D eigenvalue weighted by Gasteiger charge is 2.21. The van der Waals surface area contributed by atoms with Crippen molar-refractivity contribution in [3.63, 3.8) is 0 Å². The molecule has 1 rings (SSSR count). The number of aliphatic carboxylic acids is 1. The van der Waals surface area contributed by atoms with Gasteiger partial charge in [-0.3, -0.25) is 24.0 Å². The maximum Gasteiger partial charge on any atom is 0.335 e. The van der Waals surface area contributed by atoms with Crippen LogP contribution in [0.15, 0.2) is 24.3 Å². The van der Waals surface area contributed by atoms with Crippen molar-refractivity contribution in [3.05, 3.63) is 29.8 Å². The second-order valence-corrected chi connectivity index (χ2v) is 15.4. The van der Waals surface area contributed by atoms with E-state index in [9.17, 15) is 38.7 Å². The molecule has 0 spiro atoms. The first-order chi connectivity index (χ1) is 31.4. The lowest BCUT2D eigenvalue weighted by Gasteiger charge is -2.14. The maximum absolute atomic E-state index is 12.3. The number of carboxylic acid groups (broad SMARTS) is 2. The molecule has 0 aliphatic heterocycles. The van der Waals surface area contributed by atoms with Crippen LogP contribution in [-0.2, 0) is 47.7 Å². The van der Waals surface area contributed by atoms with Gasteiger partial charge in [-0.1, -0.05) is 51.9 Å². The van der Waals surface area contributed by atoms with Crippen molar-refractivity contribution in [2.75, 3.05) is 85.6 Å². The molecule has 0 fully saturated rings. The van der Waals surface area contributed by atoms with E-state index in [1.165, 1.54) is 12.1 Å². The third-order valence-electron chi connectivity index (χ3n) is 9.74. The Bertz CT molecular complexity index is 1490. The minimum atomic E-state index is -1.20. The van der Waals surface area contributed by atoms with Crippen LogP contribution in [0.25, 0.3) is 0 Å². The summed E-state index contributed by atoms with van der Waals surface area (Å²) in [6.07, 6.45) is 11.5. The van der Waals surface area contributed by atoms with E-state index in [1.807, 2.05) is 6.92 Å².